The Morgan fingerprint density at radius 3 is 2.56 bits per heavy atom. The van der Waals surface area contributed by atoms with E-state index in [1.807, 2.05) is 78.9 Å². The summed E-state index contributed by atoms with van der Waals surface area (Å²) in [7, 11) is 0. The Bertz CT molecular complexity index is 975. The zero-order chi connectivity index (χ0) is 16.9. The van der Waals surface area contributed by atoms with Crippen LogP contribution in [0.4, 0.5) is 5.95 Å². The normalized spacial score (nSPS) is 11.0. The van der Waals surface area contributed by atoms with Gasteiger partial charge in [0.05, 0.1) is 17.2 Å². The van der Waals surface area contributed by atoms with Crippen molar-refractivity contribution in [3.05, 3.63) is 84.4 Å². The third kappa shape index (κ3) is 3.67. The first kappa shape index (κ1) is 15.0. The third-order valence-corrected chi connectivity index (χ3v) is 3.61. The van der Waals surface area contributed by atoms with Gasteiger partial charge in [-0.3, -0.25) is 0 Å². The van der Waals surface area contributed by atoms with Crippen LogP contribution in [0, 0.1) is 0 Å². The number of hydrogen-bond donors (Lipinski definition) is 2. The molecule has 0 saturated carbocycles. The van der Waals surface area contributed by atoms with E-state index in [0.717, 1.165) is 28.1 Å². The van der Waals surface area contributed by atoms with Crippen molar-refractivity contribution in [1.82, 2.24) is 9.97 Å². The van der Waals surface area contributed by atoms with Crippen molar-refractivity contribution >= 4 is 23.2 Å². The number of H-pyrrole nitrogens is 1. The Morgan fingerprint density at radius 1 is 0.880 bits per heavy atom. The summed E-state index contributed by atoms with van der Waals surface area (Å²) in [5.41, 5.74) is 5.71. The second-order valence-electron chi connectivity index (χ2n) is 5.46. The molecule has 4 aromatic rings. The Balaban J connectivity index is 1.45. The molecule has 1 heterocycles. The molecule has 3 aromatic carbocycles. The van der Waals surface area contributed by atoms with Gasteiger partial charge in [-0.15, -0.1) is 0 Å². The Hall–Kier alpha value is -3.60. The average molecular weight is 328 g/mol. The van der Waals surface area contributed by atoms with Crippen LogP contribution in [0.2, 0.25) is 0 Å². The monoisotopic (exact) mass is 328 g/mol. The topological polar surface area (TPSA) is 62.3 Å². The van der Waals surface area contributed by atoms with Gasteiger partial charge in [0, 0.05) is 0 Å². The van der Waals surface area contributed by atoms with Gasteiger partial charge in [-0.1, -0.05) is 42.5 Å². The van der Waals surface area contributed by atoms with E-state index in [1.165, 1.54) is 0 Å². The molecule has 2 N–H and O–H groups in total. The lowest BCUT2D eigenvalue weighted by atomic mass is 10.2. The number of nitrogens with one attached hydrogen (secondary N) is 2. The Labute approximate surface area is 145 Å². The zero-order valence-corrected chi connectivity index (χ0v) is 13.4. The van der Waals surface area contributed by atoms with Crippen LogP contribution in [0.5, 0.6) is 11.5 Å². The van der Waals surface area contributed by atoms with Crippen molar-refractivity contribution in [2.24, 2.45) is 5.10 Å². The fourth-order valence-corrected chi connectivity index (χ4v) is 2.46. The van der Waals surface area contributed by atoms with Crippen molar-refractivity contribution in [2.45, 2.75) is 0 Å². The number of anilines is 1. The van der Waals surface area contributed by atoms with Gasteiger partial charge in [-0.05, 0) is 42.0 Å². The number of fused-ring (bicyclic) bond motifs is 1. The summed E-state index contributed by atoms with van der Waals surface area (Å²) in [6.45, 7) is 0. The highest BCUT2D eigenvalue weighted by molar-refractivity contribution is 5.81. The van der Waals surface area contributed by atoms with Gasteiger partial charge in [-0.25, -0.2) is 10.4 Å². The molecule has 0 atom stereocenters. The van der Waals surface area contributed by atoms with Crippen LogP contribution in [-0.2, 0) is 0 Å². The van der Waals surface area contributed by atoms with Crippen LogP contribution in [0.3, 0.4) is 0 Å². The first-order valence-electron chi connectivity index (χ1n) is 7.94. The van der Waals surface area contributed by atoms with Crippen molar-refractivity contribution < 1.29 is 4.74 Å². The second kappa shape index (κ2) is 6.88. The van der Waals surface area contributed by atoms with Crippen molar-refractivity contribution in [1.29, 1.82) is 0 Å². The zero-order valence-electron chi connectivity index (χ0n) is 13.4. The van der Waals surface area contributed by atoms with Gasteiger partial charge >= 0.3 is 0 Å². The lowest BCUT2D eigenvalue weighted by Crippen LogP contribution is -1.92. The summed E-state index contributed by atoms with van der Waals surface area (Å²) in [6.07, 6.45) is 1.73. The third-order valence-electron chi connectivity index (χ3n) is 3.61. The molecule has 0 bridgehead atoms. The predicted molar refractivity (Wildman–Crippen MR) is 100 cm³/mol. The Morgan fingerprint density at radius 2 is 1.68 bits per heavy atom. The fourth-order valence-electron chi connectivity index (χ4n) is 2.46. The summed E-state index contributed by atoms with van der Waals surface area (Å²) >= 11 is 0. The van der Waals surface area contributed by atoms with E-state index in [1.54, 1.807) is 6.21 Å². The number of imidazole rings is 1. The van der Waals surface area contributed by atoms with Crippen LogP contribution in [0.15, 0.2) is 84.0 Å². The smallest absolute Gasteiger partial charge is 0.222 e. The fraction of sp³-hybridized carbons (Fsp3) is 0. The highest BCUT2D eigenvalue weighted by Gasteiger charge is 2.00. The minimum atomic E-state index is 0.606. The van der Waals surface area contributed by atoms with E-state index in [0.29, 0.717) is 5.95 Å². The lowest BCUT2D eigenvalue weighted by Gasteiger charge is -2.05. The molecule has 0 spiro atoms. The number of nitrogens with zero attached hydrogens (tertiary/aromatic N) is 2. The maximum absolute atomic E-state index is 5.82. The first-order valence-corrected chi connectivity index (χ1v) is 7.94. The molecule has 5 nitrogen and oxygen atoms in total. The molecule has 0 amide bonds. The minimum Gasteiger partial charge on any atom is -0.457 e. The van der Waals surface area contributed by atoms with Gasteiger partial charge < -0.3 is 9.72 Å². The van der Waals surface area contributed by atoms with Gasteiger partial charge in [0.1, 0.15) is 11.5 Å². The summed E-state index contributed by atoms with van der Waals surface area (Å²) in [5.74, 6) is 2.17. The summed E-state index contributed by atoms with van der Waals surface area (Å²) < 4.78 is 5.82. The number of aromatic amines is 1. The van der Waals surface area contributed by atoms with Gasteiger partial charge in [-0.2, -0.15) is 5.10 Å². The van der Waals surface area contributed by atoms with Crippen LogP contribution in [-0.4, -0.2) is 16.2 Å². The van der Waals surface area contributed by atoms with E-state index in [4.69, 9.17) is 4.74 Å². The number of hydrogen-bond acceptors (Lipinski definition) is 4. The summed E-state index contributed by atoms with van der Waals surface area (Å²) in [6, 6.07) is 25.3. The quantitative estimate of drug-likeness (QED) is 0.408. The summed E-state index contributed by atoms with van der Waals surface area (Å²) in [5, 5.41) is 4.23. The van der Waals surface area contributed by atoms with E-state index in [9.17, 15) is 0 Å². The highest BCUT2D eigenvalue weighted by Crippen LogP contribution is 2.21. The number of para-hydroxylation sites is 3. The number of aromatic nitrogens is 2. The van der Waals surface area contributed by atoms with Gasteiger partial charge in [0.2, 0.25) is 5.95 Å². The molecular formula is C20H16N4O. The second-order valence-corrected chi connectivity index (χ2v) is 5.46. The molecule has 5 heteroatoms. The van der Waals surface area contributed by atoms with Gasteiger partial charge in [0.25, 0.3) is 0 Å². The minimum absolute atomic E-state index is 0.606. The number of hydrazone groups is 1. The van der Waals surface area contributed by atoms with Crippen molar-refractivity contribution in [2.75, 3.05) is 5.43 Å². The maximum atomic E-state index is 5.82. The Kier molecular flexibility index (Phi) is 4.12. The molecule has 0 aliphatic rings. The number of benzene rings is 3. The molecule has 1 aromatic heterocycles. The molecule has 0 radical (unpaired) electrons. The van der Waals surface area contributed by atoms with Gasteiger partial charge in [0.15, 0.2) is 0 Å². The summed E-state index contributed by atoms with van der Waals surface area (Å²) in [4.78, 5) is 7.58. The molecule has 25 heavy (non-hydrogen) atoms. The van der Waals surface area contributed by atoms with E-state index < -0.39 is 0 Å². The van der Waals surface area contributed by atoms with Crippen molar-refractivity contribution in [3.8, 4) is 11.5 Å². The molecule has 0 unspecified atom stereocenters. The standard InChI is InChI=1S/C20H16N4O/c1-2-8-16(9-3-1)25-17-10-6-7-15(13-17)14-21-24-20-22-18-11-4-5-12-19(18)23-20/h1-14H,(H2,22,23,24)/b21-14-. The largest absolute Gasteiger partial charge is 0.457 e. The molecular weight excluding hydrogens is 312 g/mol. The van der Waals surface area contributed by atoms with Crippen LogP contribution < -0.4 is 10.2 Å². The molecule has 0 aliphatic heterocycles. The van der Waals surface area contributed by atoms with E-state index in [2.05, 4.69) is 20.5 Å². The van der Waals surface area contributed by atoms with Crippen LogP contribution in [0.25, 0.3) is 11.0 Å². The first-order chi connectivity index (χ1) is 12.4. The molecule has 122 valence electrons. The van der Waals surface area contributed by atoms with E-state index in [-0.39, 0.29) is 0 Å². The number of ether oxygens (including phenoxy) is 1. The molecule has 4 rings (SSSR count). The SMILES string of the molecule is C(=N/Nc1nc2ccccc2[nH]1)/c1cccc(Oc2ccccc2)c1. The lowest BCUT2D eigenvalue weighted by molar-refractivity contribution is 0.482. The maximum Gasteiger partial charge on any atom is 0.222 e. The molecule has 0 aliphatic carbocycles. The van der Waals surface area contributed by atoms with Crippen LogP contribution in [0.1, 0.15) is 5.56 Å². The predicted octanol–water partition coefficient (Wildman–Crippen LogP) is 4.80. The average Bonchev–Trinajstić information content (AvgIpc) is 3.06. The molecule has 0 fully saturated rings. The van der Waals surface area contributed by atoms with Crippen LogP contribution >= 0.6 is 0 Å². The van der Waals surface area contributed by atoms with E-state index >= 15 is 0 Å². The van der Waals surface area contributed by atoms with Crippen molar-refractivity contribution in [3.63, 3.8) is 0 Å². The number of rotatable bonds is 5. The molecule has 0 saturated heterocycles. The highest BCUT2D eigenvalue weighted by atomic mass is 16.5.